The minimum absolute atomic E-state index is 0.00953. The predicted octanol–water partition coefficient (Wildman–Crippen LogP) is 4.70. The van der Waals surface area contributed by atoms with Gasteiger partial charge < -0.3 is 14.5 Å². The number of hydrogen-bond donors (Lipinski definition) is 1. The molecule has 21 heavy (non-hydrogen) atoms. The van der Waals surface area contributed by atoms with E-state index in [0.717, 1.165) is 42.5 Å². The van der Waals surface area contributed by atoms with Crippen molar-refractivity contribution in [1.82, 2.24) is 5.32 Å². The number of para-hydroxylation sites is 1. The zero-order valence-corrected chi connectivity index (χ0v) is 13.4. The van der Waals surface area contributed by atoms with Gasteiger partial charge in [-0.25, -0.2) is 0 Å². The fourth-order valence-electron chi connectivity index (χ4n) is 3.17. The first-order valence-corrected chi connectivity index (χ1v) is 8.02. The molecule has 114 valence electrons. The molecule has 0 radical (unpaired) electrons. The lowest BCUT2D eigenvalue weighted by atomic mass is 9.75. The van der Waals surface area contributed by atoms with Gasteiger partial charge in [0.05, 0.1) is 16.7 Å². The fourth-order valence-corrected chi connectivity index (χ4v) is 3.39. The van der Waals surface area contributed by atoms with E-state index in [1.54, 1.807) is 0 Å². The Morgan fingerprint density at radius 2 is 2.24 bits per heavy atom. The highest BCUT2D eigenvalue weighted by molar-refractivity contribution is 6.34. The van der Waals surface area contributed by atoms with Crippen LogP contribution in [0.1, 0.15) is 44.4 Å². The maximum atomic E-state index is 6.21. The first kappa shape index (κ1) is 14.9. The molecule has 3 nitrogen and oxygen atoms in total. The van der Waals surface area contributed by atoms with Crippen molar-refractivity contribution in [3.8, 4) is 0 Å². The van der Waals surface area contributed by atoms with E-state index in [9.17, 15) is 0 Å². The summed E-state index contributed by atoms with van der Waals surface area (Å²) >= 11 is 6.21. The zero-order valence-electron chi connectivity index (χ0n) is 12.6. The van der Waals surface area contributed by atoms with Gasteiger partial charge in [0.1, 0.15) is 5.76 Å². The highest BCUT2D eigenvalue weighted by Crippen LogP contribution is 2.42. The lowest BCUT2D eigenvalue weighted by Gasteiger charge is -2.42. The summed E-state index contributed by atoms with van der Waals surface area (Å²) in [5, 5.41) is 5.24. The lowest BCUT2D eigenvalue weighted by Crippen LogP contribution is -2.42. The number of furan rings is 1. The Labute approximate surface area is 130 Å². The van der Waals surface area contributed by atoms with Crippen molar-refractivity contribution >= 4 is 22.6 Å². The minimum Gasteiger partial charge on any atom is -0.458 e. The summed E-state index contributed by atoms with van der Waals surface area (Å²) in [6.45, 7) is 3.01. The van der Waals surface area contributed by atoms with Crippen LogP contribution in [0.2, 0.25) is 5.02 Å². The SMILES string of the molecule is CCNC(CC1(OC)CCC1)c1cc2cccc(Cl)c2o1. The highest BCUT2D eigenvalue weighted by atomic mass is 35.5. The number of ether oxygens (including phenoxy) is 1. The van der Waals surface area contributed by atoms with E-state index in [1.165, 1.54) is 6.42 Å². The molecule has 3 rings (SSSR count). The Bertz CT molecular complexity index is 613. The third-order valence-corrected chi connectivity index (χ3v) is 4.88. The molecule has 0 bridgehead atoms. The summed E-state index contributed by atoms with van der Waals surface area (Å²) in [6.07, 6.45) is 4.45. The van der Waals surface area contributed by atoms with Gasteiger partial charge in [-0.05, 0) is 44.4 Å². The summed E-state index contributed by atoms with van der Waals surface area (Å²) in [5.41, 5.74) is 0.785. The van der Waals surface area contributed by atoms with Gasteiger partial charge in [-0.1, -0.05) is 30.7 Å². The van der Waals surface area contributed by atoms with Crippen LogP contribution in [0.3, 0.4) is 0 Å². The monoisotopic (exact) mass is 307 g/mol. The van der Waals surface area contributed by atoms with Gasteiger partial charge in [0, 0.05) is 12.5 Å². The van der Waals surface area contributed by atoms with Crippen LogP contribution in [0.25, 0.3) is 11.0 Å². The van der Waals surface area contributed by atoms with Crippen LogP contribution >= 0.6 is 11.6 Å². The molecule has 0 amide bonds. The van der Waals surface area contributed by atoms with Crippen molar-refractivity contribution in [2.24, 2.45) is 0 Å². The van der Waals surface area contributed by atoms with Crippen LogP contribution < -0.4 is 5.32 Å². The average Bonchev–Trinajstić information content (AvgIpc) is 2.87. The number of rotatable bonds is 6. The largest absolute Gasteiger partial charge is 0.458 e. The molecular weight excluding hydrogens is 286 g/mol. The maximum Gasteiger partial charge on any atom is 0.152 e. The molecule has 1 fully saturated rings. The highest BCUT2D eigenvalue weighted by Gasteiger charge is 2.40. The van der Waals surface area contributed by atoms with Crippen molar-refractivity contribution in [3.05, 3.63) is 35.0 Å². The fraction of sp³-hybridized carbons (Fsp3) is 0.529. The van der Waals surface area contributed by atoms with E-state index < -0.39 is 0 Å². The van der Waals surface area contributed by atoms with Gasteiger partial charge >= 0.3 is 0 Å². The van der Waals surface area contributed by atoms with Crippen LogP contribution in [0.15, 0.2) is 28.7 Å². The molecule has 1 aromatic heterocycles. The molecule has 1 atom stereocenters. The quantitative estimate of drug-likeness (QED) is 0.840. The Morgan fingerprint density at radius 3 is 2.81 bits per heavy atom. The van der Waals surface area contributed by atoms with Crippen molar-refractivity contribution in [2.75, 3.05) is 13.7 Å². The van der Waals surface area contributed by atoms with Gasteiger partial charge in [0.15, 0.2) is 5.58 Å². The second-order valence-electron chi connectivity index (χ2n) is 5.86. The molecule has 1 aliphatic rings. The third kappa shape index (κ3) is 2.83. The Kier molecular flexibility index (Phi) is 4.25. The number of nitrogens with one attached hydrogen (secondary N) is 1. The number of halogens is 1. The average molecular weight is 308 g/mol. The van der Waals surface area contributed by atoms with E-state index >= 15 is 0 Å². The molecule has 1 aromatic carbocycles. The smallest absolute Gasteiger partial charge is 0.152 e. The summed E-state index contributed by atoms with van der Waals surface area (Å²) < 4.78 is 11.8. The Balaban J connectivity index is 1.89. The van der Waals surface area contributed by atoms with Gasteiger partial charge in [-0.15, -0.1) is 0 Å². The molecule has 1 aliphatic carbocycles. The molecule has 1 heterocycles. The minimum atomic E-state index is 0.00953. The summed E-state index contributed by atoms with van der Waals surface area (Å²) in [6, 6.07) is 8.11. The van der Waals surface area contributed by atoms with Gasteiger partial charge in [-0.3, -0.25) is 0 Å². The van der Waals surface area contributed by atoms with Crippen molar-refractivity contribution < 1.29 is 9.15 Å². The number of fused-ring (bicyclic) bond motifs is 1. The van der Waals surface area contributed by atoms with Crippen LogP contribution in [-0.4, -0.2) is 19.3 Å². The first-order valence-electron chi connectivity index (χ1n) is 7.64. The predicted molar refractivity (Wildman–Crippen MR) is 85.8 cm³/mol. The number of hydrogen-bond acceptors (Lipinski definition) is 3. The van der Waals surface area contributed by atoms with Gasteiger partial charge in [-0.2, -0.15) is 0 Å². The summed E-state index contributed by atoms with van der Waals surface area (Å²) in [5.74, 6) is 0.947. The molecule has 1 N–H and O–H groups in total. The van der Waals surface area contributed by atoms with E-state index in [-0.39, 0.29) is 11.6 Å². The van der Waals surface area contributed by atoms with Crippen LogP contribution in [0.5, 0.6) is 0 Å². The van der Waals surface area contributed by atoms with E-state index in [1.807, 2.05) is 25.3 Å². The zero-order chi connectivity index (χ0) is 14.9. The topological polar surface area (TPSA) is 34.4 Å². The molecule has 1 saturated carbocycles. The van der Waals surface area contributed by atoms with Crippen molar-refractivity contribution in [2.45, 2.75) is 44.2 Å². The van der Waals surface area contributed by atoms with Crippen molar-refractivity contribution in [3.63, 3.8) is 0 Å². The molecule has 2 aromatic rings. The number of methoxy groups -OCH3 is 1. The van der Waals surface area contributed by atoms with E-state index in [0.29, 0.717) is 5.02 Å². The summed E-state index contributed by atoms with van der Waals surface area (Å²) in [7, 11) is 1.82. The third-order valence-electron chi connectivity index (χ3n) is 4.58. The summed E-state index contributed by atoms with van der Waals surface area (Å²) in [4.78, 5) is 0. The number of benzene rings is 1. The normalized spacial score (nSPS) is 18.6. The molecule has 1 unspecified atom stereocenters. The standard InChI is InChI=1S/C17H22ClNO2/c1-3-19-14(11-17(20-2)8-5-9-17)15-10-12-6-4-7-13(18)16(12)21-15/h4,6-7,10,14,19H,3,5,8-9,11H2,1-2H3. The molecule has 0 saturated heterocycles. The Hall–Kier alpha value is -1.03. The molecule has 0 spiro atoms. The van der Waals surface area contributed by atoms with E-state index in [4.69, 9.17) is 20.8 Å². The first-order chi connectivity index (χ1) is 10.2. The second kappa shape index (κ2) is 5.99. The molecule has 0 aliphatic heterocycles. The van der Waals surface area contributed by atoms with Gasteiger partial charge in [0.25, 0.3) is 0 Å². The van der Waals surface area contributed by atoms with Crippen LogP contribution in [0.4, 0.5) is 0 Å². The Morgan fingerprint density at radius 1 is 1.43 bits per heavy atom. The maximum absolute atomic E-state index is 6.21. The van der Waals surface area contributed by atoms with Crippen LogP contribution in [-0.2, 0) is 4.74 Å². The van der Waals surface area contributed by atoms with Crippen LogP contribution in [0, 0.1) is 0 Å². The lowest BCUT2D eigenvalue weighted by molar-refractivity contribution is -0.0847. The molecular formula is C17H22ClNO2. The molecule has 4 heteroatoms. The van der Waals surface area contributed by atoms with Gasteiger partial charge in [0.2, 0.25) is 0 Å². The second-order valence-corrected chi connectivity index (χ2v) is 6.27. The van der Waals surface area contributed by atoms with E-state index in [2.05, 4.69) is 18.3 Å². The van der Waals surface area contributed by atoms with Crippen molar-refractivity contribution in [1.29, 1.82) is 0 Å².